The minimum atomic E-state index is -1.23. The Morgan fingerprint density at radius 1 is 0.952 bits per heavy atom. The monoisotopic (exact) mass is 309 g/mol. The Bertz CT molecular complexity index is 269. The topological polar surface area (TPSA) is 112 Å². The van der Waals surface area contributed by atoms with Crippen LogP contribution in [0.4, 0.5) is 0 Å². The minimum Gasteiger partial charge on any atom is -0.395 e. The van der Waals surface area contributed by atoms with E-state index in [1.807, 2.05) is 0 Å². The van der Waals surface area contributed by atoms with E-state index in [1.165, 1.54) is 0 Å². The molecule has 0 aromatic rings. The maximum absolute atomic E-state index is 9.82. The summed E-state index contributed by atoms with van der Waals surface area (Å²) in [6.45, 7) is 2.72. The van der Waals surface area contributed by atoms with Crippen LogP contribution in [0.2, 0.25) is 0 Å². The molecule has 4 N–H and O–H groups in total. The lowest BCUT2D eigenvalue weighted by Crippen LogP contribution is -2.62. The molecule has 0 radical (unpaired) electrons. The standard InChI is InChI=1S/C13H27NO7/c1-19-4-5-21-7-6-20-3-2-14-8-11(16)13(18)12(17)10(14)9-15/h10-13,15-18H,2-9H2,1H3/t10-,11+,12-,13-/m1/s1. The van der Waals surface area contributed by atoms with Crippen LogP contribution in [-0.4, -0.2) is 110 Å². The van der Waals surface area contributed by atoms with Gasteiger partial charge < -0.3 is 34.6 Å². The van der Waals surface area contributed by atoms with E-state index in [0.29, 0.717) is 39.6 Å². The van der Waals surface area contributed by atoms with Gasteiger partial charge in [-0.15, -0.1) is 0 Å². The number of ether oxygens (including phenoxy) is 3. The van der Waals surface area contributed by atoms with Gasteiger partial charge in [-0.05, 0) is 0 Å². The van der Waals surface area contributed by atoms with Crippen LogP contribution in [-0.2, 0) is 14.2 Å². The summed E-state index contributed by atoms with van der Waals surface area (Å²) in [6, 6.07) is -0.593. The molecule has 4 atom stereocenters. The molecule has 1 rings (SSSR count). The van der Waals surface area contributed by atoms with Gasteiger partial charge in [0.1, 0.15) is 12.2 Å². The van der Waals surface area contributed by atoms with E-state index >= 15 is 0 Å². The molecular weight excluding hydrogens is 282 g/mol. The quantitative estimate of drug-likeness (QED) is 0.326. The number of hydrogen-bond acceptors (Lipinski definition) is 8. The maximum Gasteiger partial charge on any atom is 0.109 e. The van der Waals surface area contributed by atoms with Crippen molar-refractivity contribution in [2.75, 3.05) is 59.8 Å². The average molecular weight is 309 g/mol. The fraction of sp³-hybridized carbons (Fsp3) is 1.00. The molecule has 0 bridgehead atoms. The molecule has 1 aliphatic rings. The predicted octanol–water partition coefficient (Wildman–Crippen LogP) is -2.57. The molecule has 1 fully saturated rings. The van der Waals surface area contributed by atoms with Crippen LogP contribution in [0.5, 0.6) is 0 Å². The molecule has 21 heavy (non-hydrogen) atoms. The molecule has 1 saturated heterocycles. The number of likely N-dealkylation sites (tertiary alicyclic amines) is 1. The molecule has 8 heteroatoms. The molecule has 0 saturated carbocycles. The first-order chi connectivity index (χ1) is 10.1. The summed E-state index contributed by atoms with van der Waals surface area (Å²) in [5.74, 6) is 0. The highest BCUT2D eigenvalue weighted by molar-refractivity contribution is 4.93. The van der Waals surface area contributed by atoms with Crippen molar-refractivity contribution in [1.82, 2.24) is 4.90 Å². The lowest BCUT2D eigenvalue weighted by Gasteiger charge is -2.43. The highest BCUT2D eigenvalue weighted by atomic mass is 16.5. The molecule has 0 unspecified atom stereocenters. The Morgan fingerprint density at radius 2 is 1.57 bits per heavy atom. The van der Waals surface area contributed by atoms with E-state index in [2.05, 4.69) is 0 Å². The van der Waals surface area contributed by atoms with Crippen molar-refractivity contribution in [3.8, 4) is 0 Å². The lowest BCUT2D eigenvalue weighted by molar-refractivity contribution is -0.147. The summed E-state index contributed by atoms with van der Waals surface area (Å²) in [4.78, 5) is 1.72. The number of rotatable bonds is 10. The Morgan fingerprint density at radius 3 is 2.19 bits per heavy atom. The normalized spacial score (nSPS) is 30.7. The number of piperidine rings is 1. The Hall–Kier alpha value is -0.320. The number of aliphatic hydroxyl groups is 4. The van der Waals surface area contributed by atoms with E-state index < -0.39 is 24.4 Å². The summed E-state index contributed by atoms with van der Waals surface area (Å²) in [6.07, 6.45) is -3.43. The molecule has 8 nitrogen and oxygen atoms in total. The van der Waals surface area contributed by atoms with Crippen LogP contribution < -0.4 is 0 Å². The Kier molecular flexibility index (Phi) is 9.29. The minimum absolute atomic E-state index is 0.192. The van der Waals surface area contributed by atoms with Gasteiger partial charge in [0.25, 0.3) is 0 Å². The van der Waals surface area contributed by atoms with E-state index in [0.717, 1.165) is 0 Å². The lowest BCUT2D eigenvalue weighted by atomic mass is 9.94. The smallest absolute Gasteiger partial charge is 0.109 e. The Labute approximate surface area is 124 Å². The van der Waals surface area contributed by atoms with Gasteiger partial charge in [0.15, 0.2) is 0 Å². The van der Waals surface area contributed by atoms with Gasteiger partial charge in [0.05, 0.1) is 51.8 Å². The number of methoxy groups -OCH3 is 1. The van der Waals surface area contributed by atoms with Gasteiger partial charge in [-0.1, -0.05) is 0 Å². The zero-order valence-corrected chi connectivity index (χ0v) is 12.4. The van der Waals surface area contributed by atoms with Crippen LogP contribution in [0.1, 0.15) is 0 Å². The highest BCUT2D eigenvalue weighted by Gasteiger charge is 2.40. The number of aliphatic hydroxyl groups excluding tert-OH is 4. The van der Waals surface area contributed by atoms with Crippen LogP contribution in [0.3, 0.4) is 0 Å². The summed E-state index contributed by atoms with van der Waals surface area (Å²) in [7, 11) is 1.61. The molecule has 126 valence electrons. The van der Waals surface area contributed by atoms with Crippen LogP contribution in [0.25, 0.3) is 0 Å². The zero-order chi connectivity index (χ0) is 15.7. The number of β-amino-alcohol motifs (C(OH)–C–C–N with tert-alkyl or cyclic N) is 1. The van der Waals surface area contributed by atoms with Gasteiger partial charge in [0.2, 0.25) is 0 Å². The van der Waals surface area contributed by atoms with Crippen molar-refractivity contribution in [3.63, 3.8) is 0 Å². The van der Waals surface area contributed by atoms with E-state index in [-0.39, 0.29) is 13.2 Å². The fourth-order valence-corrected chi connectivity index (χ4v) is 2.28. The third-order valence-corrected chi connectivity index (χ3v) is 3.54. The molecule has 1 heterocycles. The van der Waals surface area contributed by atoms with E-state index in [4.69, 9.17) is 14.2 Å². The van der Waals surface area contributed by atoms with Crippen LogP contribution in [0, 0.1) is 0 Å². The molecule has 0 spiro atoms. The number of hydrogen-bond donors (Lipinski definition) is 4. The number of nitrogens with zero attached hydrogens (tertiary/aromatic N) is 1. The average Bonchev–Trinajstić information content (AvgIpc) is 2.48. The van der Waals surface area contributed by atoms with Crippen molar-refractivity contribution >= 4 is 0 Å². The molecule has 0 amide bonds. The molecule has 1 aliphatic heterocycles. The van der Waals surface area contributed by atoms with Gasteiger partial charge in [-0.2, -0.15) is 0 Å². The first kappa shape index (κ1) is 18.7. The highest BCUT2D eigenvalue weighted by Crippen LogP contribution is 2.18. The van der Waals surface area contributed by atoms with Gasteiger partial charge in [-0.25, -0.2) is 0 Å². The van der Waals surface area contributed by atoms with Crippen molar-refractivity contribution in [2.24, 2.45) is 0 Å². The second-order valence-electron chi connectivity index (χ2n) is 5.01. The Balaban J connectivity index is 2.18. The summed E-state index contributed by atoms with van der Waals surface area (Å²) < 4.78 is 15.5. The van der Waals surface area contributed by atoms with E-state index in [1.54, 1.807) is 12.0 Å². The van der Waals surface area contributed by atoms with Crippen LogP contribution >= 0.6 is 0 Å². The summed E-state index contributed by atoms with van der Waals surface area (Å²) in [5, 5.41) is 38.3. The van der Waals surface area contributed by atoms with Crippen molar-refractivity contribution < 1.29 is 34.6 Å². The fourth-order valence-electron chi connectivity index (χ4n) is 2.28. The van der Waals surface area contributed by atoms with Crippen molar-refractivity contribution in [3.05, 3.63) is 0 Å². The van der Waals surface area contributed by atoms with Gasteiger partial charge >= 0.3 is 0 Å². The largest absolute Gasteiger partial charge is 0.395 e. The van der Waals surface area contributed by atoms with Gasteiger partial charge in [-0.3, -0.25) is 4.90 Å². The first-order valence-electron chi connectivity index (χ1n) is 7.15. The van der Waals surface area contributed by atoms with Gasteiger partial charge in [0, 0.05) is 20.2 Å². The molecule has 0 aromatic heterocycles. The SMILES string of the molecule is COCCOCCOCCN1C[C@H](O)[C@@H](O)[C@H](O)[C@H]1CO. The third-order valence-electron chi connectivity index (χ3n) is 3.54. The molecule has 0 aromatic carbocycles. The van der Waals surface area contributed by atoms with Crippen molar-refractivity contribution in [2.45, 2.75) is 24.4 Å². The molecular formula is C13H27NO7. The van der Waals surface area contributed by atoms with Crippen molar-refractivity contribution in [1.29, 1.82) is 0 Å². The first-order valence-corrected chi connectivity index (χ1v) is 7.15. The summed E-state index contributed by atoms with van der Waals surface area (Å²) in [5.41, 5.74) is 0. The summed E-state index contributed by atoms with van der Waals surface area (Å²) >= 11 is 0. The second kappa shape index (κ2) is 10.4. The van der Waals surface area contributed by atoms with E-state index in [9.17, 15) is 20.4 Å². The van der Waals surface area contributed by atoms with Crippen LogP contribution in [0.15, 0.2) is 0 Å². The molecule has 0 aliphatic carbocycles. The predicted molar refractivity (Wildman–Crippen MR) is 74.0 cm³/mol. The second-order valence-corrected chi connectivity index (χ2v) is 5.01. The third kappa shape index (κ3) is 6.13. The maximum atomic E-state index is 9.82. The zero-order valence-electron chi connectivity index (χ0n) is 12.4.